The molecule has 0 aliphatic heterocycles. The molecule has 1 aromatic carbocycles. The number of imide groups is 1. The number of amides is 3. The maximum Gasteiger partial charge on any atom is 0.321 e. The van der Waals surface area contributed by atoms with Crippen LogP contribution < -0.4 is 10.6 Å². The van der Waals surface area contributed by atoms with Crippen LogP contribution in [0.3, 0.4) is 0 Å². The third-order valence-corrected chi connectivity index (χ3v) is 4.42. The first-order valence-electron chi connectivity index (χ1n) is 7.61. The van der Waals surface area contributed by atoms with Crippen LogP contribution in [0.25, 0.3) is 10.2 Å². The zero-order valence-electron chi connectivity index (χ0n) is 13.6. The summed E-state index contributed by atoms with van der Waals surface area (Å²) in [4.78, 5) is 29.8. The van der Waals surface area contributed by atoms with Gasteiger partial charge in [-0.15, -0.1) is 11.3 Å². The minimum absolute atomic E-state index is 0.0447. The third kappa shape index (κ3) is 5.30. The van der Waals surface area contributed by atoms with Crippen molar-refractivity contribution in [2.45, 2.75) is 32.9 Å². The summed E-state index contributed by atoms with van der Waals surface area (Å²) >= 11 is 1.61. The van der Waals surface area contributed by atoms with Gasteiger partial charge in [-0.05, 0) is 32.5 Å². The Kier molecular flexibility index (Phi) is 6.06. The highest BCUT2D eigenvalue weighted by atomic mass is 32.1. The Morgan fingerprint density at radius 1 is 1.35 bits per heavy atom. The van der Waals surface area contributed by atoms with Crippen LogP contribution in [-0.4, -0.2) is 41.5 Å². The summed E-state index contributed by atoms with van der Waals surface area (Å²) in [6, 6.07) is 7.54. The van der Waals surface area contributed by atoms with Crippen molar-refractivity contribution in [2.75, 3.05) is 13.6 Å². The standard InChI is InChI=1S/C16H22N4O2S/c1-4-11(2)17-16(22)19-14(21)9-20(3)10-15-18-12-7-5-6-8-13(12)23-15/h5-8,11H,4,9-10H2,1-3H3,(H2,17,19,21,22)/t11-/m1/s1. The van der Waals surface area contributed by atoms with Crippen molar-refractivity contribution in [3.8, 4) is 0 Å². The minimum atomic E-state index is -0.447. The highest BCUT2D eigenvalue weighted by molar-refractivity contribution is 7.18. The Bertz CT molecular complexity index is 653. The van der Waals surface area contributed by atoms with Crippen LogP contribution in [0, 0.1) is 0 Å². The van der Waals surface area contributed by atoms with Crippen LogP contribution in [0.4, 0.5) is 4.79 Å². The molecular weight excluding hydrogens is 312 g/mol. The predicted octanol–water partition coefficient (Wildman–Crippen LogP) is 2.35. The second-order valence-electron chi connectivity index (χ2n) is 5.58. The molecule has 23 heavy (non-hydrogen) atoms. The van der Waals surface area contributed by atoms with E-state index in [1.54, 1.807) is 11.3 Å². The molecule has 2 aromatic rings. The Balaban J connectivity index is 1.82. The average molecular weight is 334 g/mol. The number of carbonyl (C=O) groups excluding carboxylic acids is 2. The zero-order valence-corrected chi connectivity index (χ0v) is 14.4. The molecule has 0 aliphatic rings. The van der Waals surface area contributed by atoms with E-state index in [9.17, 15) is 9.59 Å². The Labute approximate surface area is 139 Å². The van der Waals surface area contributed by atoms with Crippen LogP contribution in [0.1, 0.15) is 25.3 Å². The molecule has 124 valence electrons. The van der Waals surface area contributed by atoms with Crippen LogP contribution in [0.15, 0.2) is 24.3 Å². The normalized spacial score (nSPS) is 12.3. The lowest BCUT2D eigenvalue weighted by atomic mass is 10.3. The van der Waals surface area contributed by atoms with Gasteiger partial charge < -0.3 is 5.32 Å². The molecule has 3 amide bonds. The van der Waals surface area contributed by atoms with Crippen molar-refractivity contribution in [3.63, 3.8) is 0 Å². The van der Waals surface area contributed by atoms with E-state index >= 15 is 0 Å². The lowest BCUT2D eigenvalue weighted by Crippen LogP contribution is -2.46. The second kappa shape index (κ2) is 8.03. The topological polar surface area (TPSA) is 74.3 Å². The molecule has 1 atom stereocenters. The van der Waals surface area contributed by atoms with Gasteiger partial charge in [-0.25, -0.2) is 9.78 Å². The summed E-state index contributed by atoms with van der Waals surface area (Å²) in [6.07, 6.45) is 0.819. The van der Waals surface area contributed by atoms with E-state index in [1.165, 1.54) is 0 Å². The minimum Gasteiger partial charge on any atom is -0.335 e. The van der Waals surface area contributed by atoms with Gasteiger partial charge in [-0.2, -0.15) is 0 Å². The average Bonchev–Trinajstić information content (AvgIpc) is 2.88. The Morgan fingerprint density at radius 2 is 2.09 bits per heavy atom. The highest BCUT2D eigenvalue weighted by Gasteiger charge is 2.13. The molecule has 1 aromatic heterocycles. The molecule has 2 N–H and O–H groups in total. The van der Waals surface area contributed by atoms with E-state index in [0.29, 0.717) is 6.54 Å². The molecule has 0 saturated heterocycles. The summed E-state index contributed by atoms with van der Waals surface area (Å²) in [7, 11) is 1.83. The number of hydrogen-bond donors (Lipinski definition) is 2. The van der Waals surface area contributed by atoms with Gasteiger partial charge in [0.15, 0.2) is 0 Å². The van der Waals surface area contributed by atoms with Gasteiger partial charge in [0.25, 0.3) is 0 Å². The Morgan fingerprint density at radius 3 is 2.78 bits per heavy atom. The molecule has 7 heteroatoms. The van der Waals surface area contributed by atoms with Gasteiger partial charge in [-0.1, -0.05) is 19.1 Å². The van der Waals surface area contributed by atoms with Gasteiger partial charge >= 0.3 is 6.03 Å². The monoisotopic (exact) mass is 334 g/mol. The SMILES string of the molecule is CC[C@@H](C)NC(=O)NC(=O)CN(C)Cc1nc2ccccc2s1. The van der Waals surface area contributed by atoms with Crippen molar-refractivity contribution >= 4 is 33.5 Å². The van der Waals surface area contributed by atoms with Crippen LogP contribution in [-0.2, 0) is 11.3 Å². The molecule has 0 bridgehead atoms. The molecule has 0 spiro atoms. The van der Waals surface area contributed by atoms with E-state index in [4.69, 9.17) is 0 Å². The van der Waals surface area contributed by atoms with E-state index in [2.05, 4.69) is 15.6 Å². The second-order valence-corrected chi connectivity index (χ2v) is 6.69. The maximum absolute atomic E-state index is 11.9. The number of fused-ring (bicyclic) bond motifs is 1. The van der Waals surface area contributed by atoms with Crippen LogP contribution >= 0.6 is 11.3 Å². The summed E-state index contributed by atoms with van der Waals surface area (Å²) in [5.74, 6) is -0.325. The van der Waals surface area contributed by atoms with Gasteiger partial charge in [-0.3, -0.25) is 15.0 Å². The van der Waals surface area contributed by atoms with Gasteiger partial charge in [0.2, 0.25) is 5.91 Å². The van der Waals surface area contributed by atoms with Crippen molar-refractivity contribution < 1.29 is 9.59 Å². The lowest BCUT2D eigenvalue weighted by molar-refractivity contribution is -0.120. The number of likely N-dealkylation sites (N-methyl/N-ethyl adjacent to an activating group) is 1. The third-order valence-electron chi connectivity index (χ3n) is 3.40. The van der Waals surface area contributed by atoms with Crippen molar-refractivity contribution in [3.05, 3.63) is 29.3 Å². The molecule has 6 nitrogen and oxygen atoms in total. The number of nitrogens with one attached hydrogen (secondary N) is 2. The molecule has 1 heterocycles. The number of thiazole rings is 1. The number of nitrogens with zero attached hydrogens (tertiary/aromatic N) is 2. The first kappa shape index (κ1) is 17.4. The van der Waals surface area contributed by atoms with Gasteiger partial charge in [0.1, 0.15) is 5.01 Å². The van der Waals surface area contributed by atoms with Crippen molar-refractivity contribution in [1.82, 2.24) is 20.5 Å². The number of aromatic nitrogens is 1. The number of rotatable bonds is 6. The molecule has 2 rings (SSSR count). The zero-order chi connectivity index (χ0) is 16.8. The smallest absolute Gasteiger partial charge is 0.321 e. The fraction of sp³-hybridized carbons (Fsp3) is 0.438. The number of benzene rings is 1. The maximum atomic E-state index is 11.9. The summed E-state index contributed by atoms with van der Waals surface area (Å²) < 4.78 is 1.13. The lowest BCUT2D eigenvalue weighted by Gasteiger charge is -2.15. The fourth-order valence-electron chi connectivity index (χ4n) is 2.05. The molecule has 0 aliphatic carbocycles. The van der Waals surface area contributed by atoms with E-state index in [-0.39, 0.29) is 18.5 Å². The summed E-state index contributed by atoms with van der Waals surface area (Å²) in [5.41, 5.74) is 0.971. The number of hydrogen-bond acceptors (Lipinski definition) is 5. The fourth-order valence-corrected chi connectivity index (χ4v) is 3.10. The van der Waals surface area contributed by atoms with Gasteiger partial charge in [0, 0.05) is 6.04 Å². The molecule has 0 saturated carbocycles. The quantitative estimate of drug-likeness (QED) is 0.850. The number of carbonyl (C=O) groups is 2. The van der Waals surface area contributed by atoms with E-state index in [1.807, 2.05) is 50.1 Å². The summed E-state index contributed by atoms with van der Waals surface area (Å²) in [6.45, 7) is 4.57. The van der Waals surface area contributed by atoms with E-state index < -0.39 is 6.03 Å². The van der Waals surface area contributed by atoms with Crippen LogP contribution in [0.5, 0.6) is 0 Å². The Hall–Kier alpha value is -1.99. The molecule has 0 fully saturated rings. The largest absolute Gasteiger partial charge is 0.335 e. The number of urea groups is 1. The van der Waals surface area contributed by atoms with Gasteiger partial charge in [0.05, 0.1) is 23.3 Å². The first-order valence-corrected chi connectivity index (χ1v) is 8.43. The van der Waals surface area contributed by atoms with Crippen molar-refractivity contribution in [2.24, 2.45) is 0 Å². The molecule has 0 unspecified atom stereocenters. The highest BCUT2D eigenvalue weighted by Crippen LogP contribution is 2.22. The first-order chi connectivity index (χ1) is 11.0. The van der Waals surface area contributed by atoms with Crippen molar-refractivity contribution in [1.29, 1.82) is 0 Å². The van der Waals surface area contributed by atoms with Crippen LogP contribution in [0.2, 0.25) is 0 Å². The summed E-state index contributed by atoms with van der Waals surface area (Å²) in [5, 5.41) is 5.99. The number of para-hydroxylation sites is 1. The molecule has 0 radical (unpaired) electrons. The van der Waals surface area contributed by atoms with E-state index in [0.717, 1.165) is 21.6 Å². The predicted molar refractivity (Wildman–Crippen MR) is 92.4 cm³/mol. The molecular formula is C16H22N4O2S.